The van der Waals surface area contributed by atoms with Gasteiger partial charge in [0, 0.05) is 25.8 Å². The maximum absolute atomic E-state index is 9.96. The summed E-state index contributed by atoms with van der Waals surface area (Å²) in [5, 5.41) is 14.6. The Bertz CT molecular complexity index is 552. The van der Waals surface area contributed by atoms with Crippen LogP contribution in [0.15, 0.2) is 42.6 Å². The zero-order valence-electron chi connectivity index (χ0n) is 11.9. The van der Waals surface area contributed by atoms with Crippen LogP contribution in [0.1, 0.15) is 25.5 Å². The van der Waals surface area contributed by atoms with Gasteiger partial charge in [-0.3, -0.25) is 4.90 Å². The third-order valence-electron chi connectivity index (χ3n) is 3.98. The lowest BCUT2D eigenvalue weighted by Gasteiger charge is -2.35. The van der Waals surface area contributed by atoms with Gasteiger partial charge in [-0.15, -0.1) is 0 Å². The number of benzene rings is 1. The summed E-state index contributed by atoms with van der Waals surface area (Å²) in [6, 6.07) is 12.2. The fourth-order valence-corrected chi connectivity index (χ4v) is 2.59. The number of hydrogen-bond donors (Lipinski definition) is 1. The lowest BCUT2D eigenvalue weighted by atomic mass is 9.94. The predicted octanol–water partition coefficient (Wildman–Crippen LogP) is 2.22. The van der Waals surface area contributed by atoms with Gasteiger partial charge in [0.15, 0.2) is 0 Å². The maximum atomic E-state index is 9.96. The van der Waals surface area contributed by atoms with Crippen LogP contribution in [0.5, 0.6) is 0 Å². The molecule has 0 amide bonds. The summed E-state index contributed by atoms with van der Waals surface area (Å²) in [7, 11) is 0. The number of piperidine rings is 1. The molecule has 1 aliphatic rings. The number of nitrogens with zero attached hydrogens (tertiary/aromatic N) is 3. The van der Waals surface area contributed by atoms with E-state index in [0.717, 1.165) is 43.9 Å². The third-order valence-corrected chi connectivity index (χ3v) is 3.98. The van der Waals surface area contributed by atoms with Crippen molar-refractivity contribution < 1.29 is 5.11 Å². The number of rotatable bonds is 3. The third kappa shape index (κ3) is 3.08. The molecule has 1 aromatic heterocycles. The normalized spacial score (nSPS) is 19.1. The number of likely N-dealkylation sites (tertiary alicyclic amines) is 1. The second-order valence-electron chi connectivity index (χ2n) is 5.86. The Morgan fingerprint density at radius 3 is 2.55 bits per heavy atom. The zero-order valence-corrected chi connectivity index (χ0v) is 11.9. The van der Waals surface area contributed by atoms with Crippen molar-refractivity contribution in [2.24, 2.45) is 0 Å². The Hall–Kier alpha value is -1.65. The molecular formula is C16H21N3O. The second-order valence-corrected chi connectivity index (χ2v) is 5.86. The molecule has 0 aliphatic carbocycles. The molecule has 0 radical (unpaired) electrons. The minimum Gasteiger partial charge on any atom is -0.390 e. The van der Waals surface area contributed by atoms with Crippen molar-refractivity contribution >= 4 is 0 Å². The molecule has 1 N–H and O–H groups in total. The van der Waals surface area contributed by atoms with E-state index in [1.807, 2.05) is 36.0 Å². The van der Waals surface area contributed by atoms with Crippen LogP contribution in [-0.4, -0.2) is 38.5 Å². The maximum Gasteiger partial charge on any atom is 0.0769 e. The van der Waals surface area contributed by atoms with Gasteiger partial charge < -0.3 is 5.11 Å². The Kier molecular flexibility index (Phi) is 3.59. The van der Waals surface area contributed by atoms with Gasteiger partial charge >= 0.3 is 0 Å². The molecule has 0 atom stereocenters. The summed E-state index contributed by atoms with van der Waals surface area (Å²) in [4.78, 5) is 2.36. The summed E-state index contributed by atoms with van der Waals surface area (Å²) < 4.78 is 1.91. The molecule has 3 rings (SSSR count). The highest BCUT2D eigenvalue weighted by Gasteiger charge is 2.27. The molecule has 0 bridgehead atoms. The van der Waals surface area contributed by atoms with E-state index in [1.165, 1.54) is 0 Å². The van der Waals surface area contributed by atoms with Gasteiger partial charge in [-0.2, -0.15) is 5.10 Å². The van der Waals surface area contributed by atoms with Crippen molar-refractivity contribution in [2.45, 2.75) is 31.9 Å². The topological polar surface area (TPSA) is 41.3 Å². The molecule has 2 aromatic rings. The summed E-state index contributed by atoms with van der Waals surface area (Å²) in [6.45, 7) is 4.65. The van der Waals surface area contributed by atoms with Crippen molar-refractivity contribution in [1.82, 2.24) is 14.7 Å². The van der Waals surface area contributed by atoms with Crippen molar-refractivity contribution in [2.75, 3.05) is 13.1 Å². The highest BCUT2D eigenvalue weighted by atomic mass is 16.3. The van der Waals surface area contributed by atoms with Gasteiger partial charge in [0.25, 0.3) is 0 Å². The van der Waals surface area contributed by atoms with E-state index < -0.39 is 5.60 Å². The summed E-state index contributed by atoms with van der Waals surface area (Å²) in [6.07, 6.45) is 3.68. The summed E-state index contributed by atoms with van der Waals surface area (Å²) in [5.74, 6) is 0. The monoisotopic (exact) mass is 271 g/mol. The average molecular weight is 271 g/mol. The first-order valence-corrected chi connectivity index (χ1v) is 7.17. The van der Waals surface area contributed by atoms with Gasteiger partial charge in [0.2, 0.25) is 0 Å². The highest BCUT2D eigenvalue weighted by molar-refractivity contribution is 5.30. The lowest BCUT2D eigenvalue weighted by Crippen LogP contribution is -2.42. The standard InChI is InChI=1S/C16H21N3O/c1-16(20)8-11-18(12-9-16)13-14-7-10-19(17-14)15-5-3-2-4-6-15/h2-7,10,20H,8-9,11-13H2,1H3. The van der Waals surface area contributed by atoms with E-state index in [9.17, 15) is 5.11 Å². The quantitative estimate of drug-likeness (QED) is 0.930. The van der Waals surface area contributed by atoms with E-state index in [0.29, 0.717) is 0 Å². The minimum absolute atomic E-state index is 0.486. The number of aliphatic hydroxyl groups is 1. The minimum atomic E-state index is -0.486. The van der Waals surface area contributed by atoms with E-state index in [-0.39, 0.29) is 0 Å². The van der Waals surface area contributed by atoms with Crippen LogP contribution in [0.25, 0.3) is 5.69 Å². The highest BCUT2D eigenvalue weighted by Crippen LogP contribution is 2.22. The molecule has 1 aliphatic heterocycles. The molecule has 0 saturated carbocycles. The molecule has 20 heavy (non-hydrogen) atoms. The van der Waals surface area contributed by atoms with E-state index in [1.54, 1.807) is 0 Å². The van der Waals surface area contributed by atoms with E-state index in [2.05, 4.69) is 28.2 Å². The molecule has 1 fully saturated rings. The predicted molar refractivity (Wildman–Crippen MR) is 78.7 cm³/mol. The Balaban J connectivity index is 1.64. The van der Waals surface area contributed by atoms with Crippen molar-refractivity contribution in [3.8, 4) is 5.69 Å². The molecule has 0 spiro atoms. The number of para-hydroxylation sites is 1. The van der Waals surface area contributed by atoms with Crippen molar-refractivity contribution in [1.29, 1.82) is 0 Å². The van der Waals surface area contributed by atoms with Crippen molar-refractivity contribution in [3.63, 3.8) is 0 Å². The van der Waals surface area contributed by atoms with Crippen LogP contribution in [-0.2, 0) is 6.54 Å². The molecule has 4 heteroatoms. The first-order valence-electron chi connectivity index (χ1n) is 7.17. The average Bonchev–Trinajstić information content (AvgIpc) is 2.91. The molecule has 106 valence electrons. The van der Waals surface area contributed by atoms with Crippen LogP contribution < -0.4 is 0 Å². The number of hydrogen-bond acceptors (Lipinski definition) is 3. The largest absolute Gasteiger partial charge is 0.390 e. The molecule has 1 saturated heterocycles. The Morgan fingerprint density at radius 1 is 1.15 bits per heavy atom. The zero-order chi connectivity index (χ0) is 14.0. The van der Waals surface area contributed by atoms with Crippen LogP contribution in [0.2, 0.25) is 0 Å². The summed E-state index contributed by atoms with van der Waals surface area (Å²) >= 11 is 0. The van der Waals surface area contributed by atoms with Crippen LogP contribution >= 0.6 is 0 Å². The van der Waals surface area contributed by atoms with E-state index >= 15 is 0 Å². The first-order chi connectivity index (χ1) is 9.62. The van der Waals surface area contributed by atoms with Crippen molar-refractivity contribution in [3.05, 3.63) is 48.3 Å². The SMILES string of the molecule is CC1(O)CCN(Cc2ccn(-c3ccccc3)n2)CC1. The first kappa shape index (κ1) is 13.3. The molecule has 1 aromatic carbocycles. The van der Waals surface area contributed by atoms with E-state index in [4.69, 9.17) is 0 Å². The van der Waals surface area contributed by atoms with Gasteiger partial charge in [0.1, 0.15) is 0 Å². The fraction of sp³-hybridized carbons (Fsp3) is 0.438. The van der Waals surface area contributed by atoms with Gasteiger partial charge in [0.05, 0.1) is 17.0 Å². The molecule has 0 unspecified atom stereocenters. The molecular weight excluding hydrogens is 250 g/mol. The number of aromatic nitrogens is 2. The Morgan fingerprint density at radius 2 is 1.85 bits per heavy atom. The fourth-order valence-electron chi connectivity index (χ4n) is 2.59. The molecule has 2 heterocycles. The van der Waals surface area contributed by atoms with Gasteiger partial charge in [-0.1, -0.05) is 18.2 Å². The smallest absolute Gasteiger partial charge is 0.0769 e. The lowest BCUT2D eigenvalue weighted by molar-refractivity contribution is -0.00759. The van der Waals surface area contributed by atoms with Crippen LogP contribution in [0.3, 0.4) is 0 Å². The van der Waals surface area contributed by atoms with Crippen LogP contribution in [0.4, 0.5) is 0 Å². The molecule has 4 nitrogen and oxygen atoms in total. The van der Waals surface area contributed by atoms with Gasteiger partial charge in [-0.25, -0.2) is 4.68 Å². The van der Waals surface area contributed by atoms with Gasteiger partial charge in [-0.05, 0) is 38.0 Å². The summed E-state index contributed by atoms with van der Waals surface area (Å²) in [5.41, 5.74) is 1.68. The second kappa shape index (κ2) is 5.38. The van der Waals surface area contributed by atoms with Crippen LogP contribution in [0, 0.1) is 0 Å². The Labute approximate surface area is 119 Å².